The largest absolute Gasteiger partial charge is 0.508 e. The van der Waals surface area contributed by atoms with Gasteiger partial charge in [0, 0.05) is 12.6 Å². The molecule has 1 aromatic rings. The molecule has 0 aromatic heterocycles. The van der Waals surface area contributed by atoms with Gasteiger partial charge in [0.2, 0.25) is 11.8 Å². The summed E-state index contributed by atoms with van der Waals surface area (Å²) in [5.74, 6) is 0.195. The molecule has 3 amide bonds. The molecular formula is C27H43N3O5S. The predicted octanol–water partition coefficient (Wildman–Crippen LogP) is 4.69. The standard InChI is InChI=1S/C27H43N3O5S/c1-7-30(25(33)21(15-16-36-6)29-26(34)35-27(3,4)5)23(19-13-14-22(31)18(2)17-19)24(32)28-20-11-9-8-10-12-20/h13-14,17,20-21,23,31H,7-12,15-16H2,1-6H3,(H,28,32)(H,29,34). The molecule has 0 radical (unpaired) electrons. The van der Waals surface area contributed by atoms with E-state index in [1.165, 1.54) is 11.3 Å². The lowest BCUT2D eigenvalue weighted by Crippen LogP contribution is -2.54. The zero-order chi connectivity index (χ0) is 26.9. The van der Waals surface area contributed by atoms with Gasteiger partial charge in [-0.25, -0.2) is 4.79 Å². The topological polar surface area (TPSA) is 108 Å². The molecule has 2 unspecified atom stereocenters. The average Bonchev–Trinajstić information content (AvgIpc) is 2.81. The van der Waals surface area contributed by atoms with Gasteiger partial charge in [-0.05, 0) is 89.1 Å². The first kappa shape index (κ1) is 29.8. The smallest absolute Gasteiger partial charge is 0.408 e. The third-order valence-corrected chi connectivity index (χ3v) is 6.92. The summed E-state index contributed by atoms with van der Waals surface area (Å²) in [5.41, 5.74) is 0.542. The van der Waals surface area contributed by atoms with Crippen LogP contribution in [0, 0.1) is 6.92 Å². The van der Waals surface area contributed by atoms with E-state index in [1.54, 1.807) is 57.7 Å². The molecule has 2 atom stereocenters. The van der Waals surface area contributed by atoms with E-state index in [4.69, 9.17) is 4.74 Å². The fraction of sp³-hybridized carbons (Fsp3) is 0.667. The van der Waals surface area contributed by atoms with Gasteiger partial charge in [0.15, 0.2) is 0 Å². The Kier molecular flexibility index (Phi) is 11.4. The van der Waals surface area contributed by atoms with Gasteiger partial charge in [0.05, 0.1) is 0 Å². The Balaban J connectivity index is 2.38. The van der Waals surface area contributed by atoms with Crippen LogP contribution in [0.25, 0.3) is 0 Å². The third kappa shape index (κ3) is 8.91. The van der Waals surface area contributed by atoms with E-state index in [9.17, 15) is 19.5 Å². The molecule has 1 aliphatic rings. The first-order valence-electron chi connectivity index (χ1n) is 12.9. The number of alkyl carbamates (subject to hydrolysis) is 1. The van der Waals surface area contributed by atoms with Crippen molar-refractivity contribution in [3.63, 3.8) is 0 Å². The minimum atomic E-state index is -0.888. The Labute approximate surface area is 219 Å². The lowest BCUT2D eigenvalue weighted by atomic mass is 9.94. The second-order valence-corrected chi connectivity index (χ2v) is 11.4. The predicted molar refractivity (Wildman–Crippen MR) is 144 cm³/mol. The van der Waals surface area contributed by atoms with E-state index in [0.717, 1.165) is 25.7 Å². The molecule has 1 saturated carbocycles. The Hall–Kier alpha value is -2.42. The van der Waals surface area contributed by atoms with Crippen molar-refractivity contribution in [1.82, 2.24) is 15.5 Å². The van der Waals surface area contributed by atoms with Crippen molar-refractivity contribution < 1.29 is 24.2 Å². The number of phenolic OH excluding ortho intramolecular Hbond substituents is 1. The SMILES string of the molecule is CCN(C(=O)C(CCSC)NC(=O)OC(C)(C)C)C(C(=O)NC1CCCCC1)c1ccc(O)c(C)c1. The van der Waals surface area contributed by atoms with E-state index in [-0.39, 0.29) is 30.2 Å². The second-order valence-electron chi connectivity index (χ2n) is 10.4. The maximum atomic E-state index is 13.9. The summed E-state index contributed by atoms with van der Waals surface area (Å²) < 4.78 is 5.40. The quantitative estimate of drug-likeness (QED) is 0.412. The summed E-state index contributed by atoms with van der Waals surface area (Å²) in [7, 11) is 0. The molecule has 36 heavy (non-hydrogen) atoms. The normalized spacial score (nSPS) is 16.1. The number of amides is 3. The summed E-state index contributed by atoms with van der Waals surface area (Å²) in [5, 5.41) is 16.0. The molecule has 0 bridgehead atoms. The van der Waals surface area contributed by atoms with Gasteiger partial charge in [-0.15, -0.1) is 0 Å². The van der Waals surface area contributed by atoms with Crippen molar-refractivity contribution >= 4 is 29.7 Å². The number of likely N-dealkylation sites (N-methyl/N-ethyl adjacent to an activating group) is 1. The summed E-state index contributed by atoms with van der Waals surface area (Å²) in [6.07, 6.45) is 6.82. The van der Waals surface area contributed by atoms with Crippen molar-refractivity contribution in [3.05, 3.63) is 29.3 Å². The average molecular weight is 522 g/mol. The number of thioether (sulfide) groups is 1. The van der Waals surface area contributed by atoms with Crippen LogP contribution in [0.2, 0.25) is 0 Å². The van der Waals surface area contributed by atoms with Gasteiger partial charge in [-0.3, -0.25) is 9.59 Å². The summed E-state index contributed by atoms with van der Waals surface area (Å²) in [4.78, 5) is 41.6. The highest BCUT2D eigenvalue weighted by Crippen LogP contribution is 2.28. The first-order chi connectivity index (χ1) is 17.0. The van der Waals surface area contributed by atoms with Crippen LogP contribution >= 0.6 is 11.8 Å². The number of aryl methyl sites for hydroxylation is 1. The van der Waals surface area contributed by atoms with Crippen LogP contribution < -0.4 is 10.6 Å². The molecule has 202 valence electrons. The molecule has 2 rings (SSSR count). The molecule has 8 nitrogen and oxygen atoms in total. The highest BCUT2D eigenvalue weighted by atomic mass is 32.2. The van der Waals surface area contributed by atoms with Crippen molar-refractivity contribution in [2.45, 2.75) is 96.9 Å². The van der Waals surface area contributed by atoms with Gasteiger partial charge in [-0.1, -0.05) is 25.3 Å². The van der Waals surface area contributed by atoms with Crippen LogP contribution in [0.3, 0.4) is 0 Å². The minimum Gasteiger partial charge on any atom is -0.508 e. The monoisotopic (exact) mass is 521 g/mol. The van der Waals surface area contributed by atoms with Crippen LogP contribution in [0.1, 0.15) is 83.4 Å². The van der Waals surface area contributed by atoms with E-state index in [1.807, 2.05) is 13.2 Å². The minimum absolute atomic E-state index is 0.0768. The Morgan fingerprint density at radius 1 is 1.19 bits per heavy atom. The van der Waals surface area contributed by atoms with E-state index >= 15 is 0 Å². The number of nitrogens with one attached hydrogen (secondary N) is 2. The van der Waals surface area contributed by atoms with Gasteiger partial charge in [-0.2, -0.15) is 11.8 Å². The first-order valence-corrected chi connectivity index (χ1v) is 14.2. The maximum absolute atomic E-state index is 13.9. The molecule has 3 N–H and O–H groups in total. The van der Waals surface area contributed by atoms with Crippen LogP contribution in [0.15, 0.2) is 18.2 Å². The number of aromatic hydroxyl groups is 1. The second kappa shape index (κ2) is 13.8. The fourth-order valence-electron chi connectivity index (χ4n) is 4.46. The van der Waals surface area contributed by atoms with Gasteiger partial charge < -0.3 is 25.4 Å². The van der Waals surface area contributed by atoms with Crippen molar-refractivity contribution in [2.24, 2.45) is 0 Å². The van der Waals surface area contributed by atoms with E-state index < -0.39 is 23.8 Å². The van der Waals surface area contributed by atoms with Gasteiger partial charge >= 0.3 is 6.09 Å². The lowest BCUT2D eigenvalue weighted by Gasteiger charge is -2.35. The Morgan fingerprint density at radius 2 is 1.86 bits per heavy atom. The summed E-state index contributed by atoms with van der Waals surface area (Å²) >= 11 is 1.57. The third-order valence-electron chi connectivity index (χ3n) is 6.27. The number of hydrogen-bond donors (Lipinski definition) is 3. The molecule has 0 saturated heterocycles. The van der Waals surface area contributed by atoms with Gasteiger partial charge in [0.1, 0.15) is 23.4 Å². The molecule has 9 heteroatoms. The number of ether oxygens (including phenoxy) is 1. The number of hydrogen-bond acceptors (Lipinski definition) is 6. The van der Waals surface area contributed by atoms with Crippen molar-refractivity contribution in [1.29, 1.82) is 0 Å². The Morgan fingerprint density at radius 3 is 2.42 bits per heavy atom. The number of carbonyl (C=O) groups is 3. The molecule has 1 fully saturated rings. The van der Waals surface area contributed by atoms with Crippen molar-refractivity contribution in [3.8, 4) is 5.75 Å². The molecule has 1 aromatic carbocycles. The zero-order valence-electron chi connectivity index (χ0n) is 22.6. The number of rotatable bonds is 10. The van der Waals surface area contributed by atoms with E-state index in [0.29, 0.717) is 23.3 Å². The molecule has 0 aliphatic heterocycles. The zero-order valence-corrected chi connectivity index (χ0v) is 23.4. The molecular weight excluding hydrogens is 478 g/mol. The lowest BCUT2D eigenvalue weighted by molar-refractivity contribution is -0.142. The van der Waals surface area contributed by atoms with Crippen LogP contribution in [0.5, 0.6) is 5.75 Å². The highest BCUT2D eigenvalue weighted by molar-refractivity contribution is 7.98. The number of phenols is 1. The van der Waals surface area contributed by atoms with Gasteiger partial charge in [0.25, 0.3) is 0 Å². The Bertz CT molecular complexity index is 896. The van der Waals surface area contributed by atoms with Crippen LogP contribution in [-0.4, -0.2) is 64.2 Å². The highest BCUT2D eigenvalue weighted by Gasteiger charge is 2.36. The molecule has 0 spiro atoms. The molecule has 0 heterocycles. The van der Waals surface area contributed by atoms with Crippen LogP contribution in [-0.2, 0) is 14.3 Å². The summed E-state index contributed by atoms with van der Waals surface area (Å²) in [6, 6.07) is 3.33. The number of benzene rings is 1. The maximum Gasteiger partial charge on any atom is 0.408 e. The van der Waals surface area contributed by atoms with Crippen molar-refractivity contribution in [2.75, 3.05) is 18.6 Å². The number of carbonyl (C=O) groups excluding carboxylic acids is 3. The van der Waals surface area contributed by atoms with E-state index in [2.05, 4.69) is 10.6 Å². The fourth-order valence-corrected chi connectivity index (χ4v) is 4.93. The number of nitrogens with zero attached hydrogens (tertiary/aromatic N) is 1. The molecule has 1 aliphatic carbocycles. The summed E-state index contributed by atoms with van der Waals surface area (Å²) in [6.45, 7) is 9.16. The van der Waals surface area contributed by atoms with Crippen LogP contribution in [0.4, 0.5) is 4.79 Å².